The number of phenols is 1. The summed E-state index contributed by atoms with van der Waals surface area (Å²) in [5.74, 6) is 1.75. The van der Waals surface area contributed by atoms with Crippen LogP contribution >= 0.6 is 0 Å². The van der Waals surface area contributed by atoms with Crippen LogP contribution in [0.2, 0.25) is 0 Å². The molecule has 0 radical (unpaired) electrons. The zero-order valence-corrected chi connectivity index (χ0v) is 15.5. The van der Waals surface area contributed by atoms with Crippen molar-refractivity contribution in [1.82, 2.24) is 0 Å². The van der Waals surface area contributed by atoms with Crippen LogP contribution in [0.25, 0.3) is 0 Å². The van der Waals surface area contributed by atoms with Crippen LogP contribution < -0.4 is 14.2 Å². The quantitative estimate of drug-likeness (QED) is 0.789. The standard InChI is InChI=1S/C21H24O5/c1-12-5-6-13(9-17(12)22)15-7-8-16(15)20(23)14-10-18(24-2)21(26-4)19(11-14)25-3/h5-6,9-11,15-16,22H,7-8H2,1-4H3. The zero-order chi connectivity index (χ0) is 18.8. The molecule has 26 heavy (non-hydrogen) atoms. The third kappa shape index (κ3) is 3.09. The van der Waals surface area contributed by atoms with Crippen LogP contribution in [0, 0.1) is 12.8 Å². The van der Waals surface area contributed by atoms with Crippen molar-refractivity contribution < 1.29 is 24.1 Å². The minimum atomic E-state index is -0.111. The molecule has 2 aromatic rings. The number of carbonyl (C=O) groups excluding carboxylic acids is 1. The van der Waals surface area contributed by atoms with Crippen LogP contribution in [-0.4, -0.2) is 32.2 Å². The van der Waals surface area contributed by atoms with Crippen LogP contribution in [0.1, 0.15) is 40.2 Å². The smallest absolute Gasteiger partial charge is 0.203 e. The van der Waals surface area contributed by atoms with Gasteiger partial charge in [0.1, 0.15) is 5.75 Å². The highest BCUT2D eigenvalue weighted by atomic mass is 16.5. The fraction of sp³-hybridized carbons (Fsp3) is 0.381. The zero-order valence-electron chi connectivity index (χ0n) is 15.5. The van der Waals surface area contributed by atoms with Gasteiger partial charge in [-0.05, 0) is 55.0 Å². The summed E-state index contributed by atoms with van der Waals surface area (Å²) in [5.41, 5.74) is 2.39. The van der Waals surface area contributed by atoms with Gasteiger partial charge < -0.3 is 19.3 Å². The Balaban J connectivity index is 1.90. The minimum Gasteiger partial charge on any atom is -0.508 e. The largest absolute Gasteiger partial charge is 0.508 e. The Bertz CT molecular complexity index is 802. The molecule has 3 rings (SSSR count). The van der Waals surface area contributed by atoms with E-state index in [1.807, 2.05) is 19.1 Å². The van der Waals surface area contributed by atoms with Gasteiger partial charge in [-0.1, -0.05) is 12.1 Å². The van der Waals surface area contributed by atoms with Gasteiger partial charge in [-0.25, -0.2) is 0 Å². The molecule has 0 saturated heterocycles. The fourth-order valence-electron chi connectivity index (χ4n) is 3.51. The van der Waals surface area contributed by atoms with Gasteiger partial charge in [0.25, 0.3) is 0 Å². The summed E-state index contributed by atoms with van der Waals surface area (Å²) >= 11 is 0. The van der Waals surface area contributed by atoms with Gasteiger partial charge in [-0.2, -0.15) is 0 Å². The van der Waals surface area contributed by atoms with E-state index in [1.165, 1.54) is 21.3 Å². The molecule has 0 aliphatic heterocycles. The number of hydrogen-bond acceptors (Lipinski definition) is 5. The summed E-state index contributed by atoms with van der Waals surface area (Å²) in [6.07, 6.45) is 1.76. The Labute approximate surface area is 153 Å². The Morgan fingerprint density at radius 1 is 1.00 bits per heavy atom. The van der Waals surface area contributed by atoms with Gasteiger partial charge >= 0.3 is 0 Å². The van der Waals surface area contributed by atoms with Crippen LogP contribution in [0.5, 0.6) is 23.0 Å². The first kappa shape index (κ1) is 18.1. The summed E-state index contributed by atoms with van der Waals surface area (Å²) in [5, 5.41) is 9.97. The second kappa shape index (κ2) is 7.28. The Morgan fingerprint density at radius 2 is 1.65 bits per heavy atom. The van der Waals surface area contributed by atoms with E-state index in [-0.39, 0.29) is 23.4 Å². The molecule has 0 aromatic heterocycles. The number of carbonyl (C=O) groups is 1. The normalized spacial score (nSPS) is 18.8. The van der Waals surface area contributed by atoms with Crippen LogP contribution in [0.15, 0.2) is 30.3 Å². The lowest BCUT2D eigenvalue weighted by Crippen LogP contribution is -2.31. The first-order chi connectivity index (χ1) is 12.5. The Hall–Kier alpha value is -2.69. The van der Waals surface area contributed by atoms with E-state index in [2.05, 4.69) is 0 Å². The summed E-state index contributed by atoms with van der Waals surface area (Å²) in [6.45, 7) is 1.86. The summed E-state index contributed by atoms with van der Waals surface area (Å²) in [7, 11) is 4.60. The van der Waals surface area contributed by atoms with E-state index >= 15 is 0 Å². The Kier molecular flexibility index (Phi) is 5.07. The fourth-order valence-corrected chi connectivity index (χ4v) is 3.51. The van der Waals surface area contributed by atoms with Gasteiger partial charge in [0, 0.05) is 11.5 Å². The third-order valence-electron chi connectivity index (χ3n) is 5.22. The van der Waals surface area contributed by atoms with Gasteiger partial charge in [0.15, 0.2) is 17.3 Å². The van der Waals surface area contributed by atoms with Crippen molar-refractivity contribution in [1.29, 1.82) is 0 Å². The van der Waals surface area contributed by atoms with Crippen molar-refractivity contribution in [3.8, 4) is 23.0 Å². The van der Waals surface area contributed by atoms with Crippen molar-refractivity contribution in [2.45, 2.75) is 25.7 Å². The molecule has 0 spiro atoms. The van der Waals surface area contributed by atoms with Gasteiger partial charge in [0.05, 0.1) is 21.3 Å². The minimum absolute atomic E-state index is 0.0561. The van der Waals surface area contributed by atoms with E-state index in [1.54, 1.807) is 18.2 Å². The maximum atomic E-state index is 13.1. The van der Waals surface area contributed by atoms with Crippen molar-refractivity contribution in [2.24, 2.45) is 5.92 Å². The average molecular weight is 356 g/mol. The number of benzene rings is 2. The molecule has 1 aliphatic carbocycles. The van der Waals surface area contributed by atoms with Gasteiger partial charge in [-0.15, -0.1) is 0 Å². The summed E-state index contributed by atoms with van der Waals surface area (Å²) in [6, 6.07) is 9.06. The first-order valence-electron chi connectivity index (χ1n) is 8.63. The summed E-state index contributed by atoms with van der Waals surface area (Å²) in [4.78, 5) is 13.1. The second-order valence-corrected chi connectivity index (χ2v) is 6.61. The van der Waals surface area contributed by atoms with E-state index in [0.717, 1.165) is 24.0 Å². The topological polar surface area (TPSA) is 65.0 Å². The lowest BCUT2D eigenvalue weighted by molar-refractivity contribution is 0.0818. The van der Waals surface area contributed by atoms with Crippen molar-refractivity contribution >= 4 is 5.78 Å². The van der Waals surface area contributed by atoms with E-state index in [9.17, 15) is 9.90 Å². The number of hydrogen-bond donors (Lipinski definition) is 1. The molecule has 2 aromatic carbocycles. The first-order valence-corrected chi connectivity index (χ1v) is 8.63. The highest BCUT2D eigenvalue weighted by Gasteiger charge is 2.38. The highest BCUT2D eigenvalue weighted by molar-refractivity contribution is 6.00. The molecule has 138 valence electrons. The molecule has 2 atom stereocenters. The van der Waals surface area contributed by atoms with Crippen molar-refractivity contribution in [3.05, 3.63) is 47.0 Å². The van der Waals surface area contributed by atoms with Crippen LogP contribution in [0.4, 0.5) is 0 Å². The number of phenolic OH excluding ortho intramolecular Hbond substituents is 1. The molecule has 0 amide bonds. The monoisotopic (exact) mass is 356 g/mol. The molecule has 2 unspecified atom stereocenters. The van der Waals surface area contributed by atoms with E-state index in [0.29, 0.717) is 22.8 Å². The highest BCUT2D eigenvalue weighted by Crippen LogP contribution is 2.46. The lowest BCUT2D eigenvalue weighted by Gasteiger charge is -2.36. The van der Waals surface area contributed by atoms with E-state index < -0.39 is 0 Å². The van der Waals surface area contributed by atoms with Crippen molar-refractivity contribution in [2.75, 3.05) is 21.3 Å². The number of methoxy groups -OCH3 is 3. The molecule has 1 fully saturated rings. The van der Waals surface area contributed by atoms with Crippen LogP contribution in [0.3, 0.4) is 0 Å². The van der Waals surface area contributed by atoms with Gasteiger partial charge in [-0.3, -0.25) is 4.79 Å². The van der Waals surface area contributed by atoms with Crippen LogP contribution in [-0.2, 0) is 0 Å². The predicted molar refractivity (Wildman–Crippen MR) is 98.7 cm³/mol. The SMILES string of the molecule is COc1cc(C(=O)C2CCC2c2ccc(C)c(O)c2)cc(OC)c1OC. The summed E-state index contributed by atoms with van der Waals surface area (Å²) < 4.78 is 16.0. The third-order valence-corrected chi connectivity index (χ3v) is 5.22. The Morgan fingerprint density at radius 3 is 2.12 bits per heavy atom. The molecular weight excluding hydrogens is 332 g/mol. The molecular formula is C21H24O5. The molecule has 0 bridgehead atoms. The number of rotatable bonds is 6. The molecule has 0 heterocycles. The number of aryl methyl sites for hydroxylation is 1. The molecule has 5 nitrogen and oxygen atoms in total. The maximum absolute atomic E-state index is 13.1. The molecule has 1 N–H and O–H groups in total. The number of Topliss-reactive ketones (excluding diaryl/α,β-unsaturated/α-hetero) is 1. The van der Waals surface area contributed by atoms with Crippen molar-refractivity contribution in [3.63, 3.8) is 0 Å². The van der Waals surface area contributed by atoms with Gasteiger partial charge in [0.2, 0.25) is 5.75 Å². The predicted octanol–water partition coefficient (Wildman–Crippen LogP) is 4.10. The lowest BCUT2D eigenvalue weighted by atomic mass is 9.67. The molecule has 5 heteroatoms. The number of aromatic hydroxyl groups is 1. The van der Waals surface area contributed by atoms with E-state index in [4.69, 9.17) is 14.2 Å². The molecule has 1 aliphatic rings. The number of ketones is 1. The average Bonchev–Trinajstić information content (AvgIpc) is 2.62. The number of ether oxygens (including phenoxy) is 3. The second-order valence-electron chi connectivity index (χ2n) is 6.61. The maximum Gasteiger partial charge on any atom is 0.203 e. The molecule has 1 saturated carbocycles.